The molecule has 7 nitrogen and oxygen atoms in total. The minimum absolute atomic E-state index is 0.0402. The molecule has 36 heavy (non-hydrogen) atoms. The number of fused-ring (bicyclic) bond motifs is 2. The van der Waals surface area contributed by atoms with Crippen LogP contribution in [-0.2, 0) is 13.0 Å². The Morgan fingerprint density at radius 1 is 0.806 bits per heavy atom. The Labute approximate surface area is 209 Å². The monoisotopic (exact) mass is 480 g/mol. The fourth-order valence-corrected chi connectivity index (χ4v) is 4.62. The molecular formula is C29H28N4O3. The van der Waals surface area contributed by atoms with Crippen molar-refractivity contribution in [3.8, 4) is 0 Å². The van der Waals surface area contributed by atoms with E-state index in [2.05, 4.69) is 10.6 Å². The van der Waals surface area contributed by atoms with Crippen LogP contribution < -0.4 is 16.2 Å². The highest BCUT2D eigenvalue weighted by atomic mass is 16.2. The number of aromatic nitrogens is 2. The van der Waals surface area contributed by atoms with E-state index in [0.29, 0.717) is 39.9 Å². The van der Waals surface area contributed by atoms with Gasteiger partial charge in [-0.1, -0.05) is 37.1 Å². The van der Waals surface area contributed by atoms with Crippen molar-refractivity contribution in [3.63, 3.8) is 0 Å². The molecule has 182 valence electrons. The Kier molecular flexibility index (Phi) is 6.62. The summed E-state index contributed by atoms with van der Waals surface area (Å²) in [6.07, 6.45) is 5.02. The average molecular weight is 481 g/mol. The first-order chi connectivity index (χ1) is 17.5. The van der Waals surface area contributed by atoms with E-state index >= 15 is 0 Å². The first-order valence-electron chi connectivity index (χ1n) is 12.3. The van der Waals surface area contributed by atoms with Crippen LogP contribution in [0.2, 0.25) is 0 Å². The number of hydrogen-bond donors (Lipinski definition) is 2. The first-order valence-corrected chi connectivity index (χ1v) is 12.3. The molecule has 7 heteroatoms. The van der Waals surface area contributed by atoms with Crippen LogP contribution >= 0.6 is 0 Å². The van der Waals surface area contributed by atoms with Crippen molar-refractivity contribution < 1.29 is 9.59 Å². The Balaban J connectivity index is 1.39. The molecule has 2 N–H and O–H groups in total. The fraction of sp³-hybridized carbons (Fsp3) is 0.241. The van der Waals surface area contributed by atoms with Gasteiger partial charge >= 0.3 is 0 Å². The predicted octanol–water partition coefficient (Wildman–Crippen LogP) is 5.33. The van der Waals surface area contributed by atoms with Gasteiger partial charge in [0.15, 0.2) is 0 Å². The van der Waals surface area contributed by atoms with Crippen LogP contribution in [0.5, 0.6) is 0 Å². The van der Waals surface area contributed by atoms with E-state index in [1.54, 1.807) is 53.1 Å². The van der Waals surface area contributed by atoms with Crippen molar-refractivity contribution in [2.24, 2.45) is 0 Å². The van der Waals surface area contributed by atoms with E-state index in [4.69, 9.17) is 4.98 Å². The molecule has 2 amide bonds. The fourth-order valence-electron chi connectivity index (χ4n) is 4.62. The Morgan fingerprint density at radius 2 is 1.50 bits per heavy atom. The standard InChI is InChI=1S/C29H28N4O3/c1-19-23(31-27(34)20-10-5-4-6-11-20)12-9-13-24(19)32-28(35)21-15-16-22-25(18-21)30-26-14-7-2-3-8-17-33(26)29(22)36/h4-6,9-13,15-16,18H,2-3,7-8,14,17H2,1H3,(H,31,34)(H,32,35). The minimum Gasteiger partial charge on any atom is -0.322 e. The third-order valence-electron chi connectivity index (χ3n) is 6.69. The molecule has 0 saturated carbocycles. The van der Waals surface area contributed by atoms with E-state index in [1.165, 1.54) is 0 Å². The highest BCUT2D eigenvalue weighted by molar-refractivity contribution is 6.08. The number of anilines is 2. The molecule has 0 aliphatic carbocycles. The second-order valence-corrected chi connectivity index (χ2v) is 9.13. The lowest BCUT2D eigenvalue weighted by atomic mass is 10.1. The number of hydrogen-bond acceptors (Lipinski definition) is 4. The van der Waals surface area contributed by atoms with E-state index in [9.17, 15) is 14.4 Å². The summed E-state index contributed by atoms with van der Waals surface area (Å²) in [5.74, 6) is 0.270. The molecule has 0 spiro atoms. The van der Waals surface area contributed by atoms with Crippen LogP contribution in [0.25, 0.3) is 10.9 Å². The van der Waals surface area contributed by atoms with E-state index in [0.717, 1.165) is 43.5 Å². The molecule has 5 rings (SSSR count). The zero-order chi connectivity index (χ0) is 25.1. The highest BCUT2D eigenvalue weighted by Gasteiger charge is 2.16. The second-order valence-electron chi connectivity index (χ2n) is 9.13. The van der Waals surface area contributed by atoms with E-state index in [-0.39, 0.29) is 17.4 Å². The van der Waals surface area contributed by atoms with Crippen molar-refractivity contribution in [2.75, 3.05) is 10.6 Å². The summed E-state index contributed by atoms with van der Waals surface area (Å²) in [5.41, 5.74) is 3.43. The van der Waals surface area contributed by atoms with Gasteiger partial charge in [0, 0.05) is 35.5 Å². The van der Waals surface area contributed by atoms with Gasteiger partial charge in [0.1, 0.15) is 5.82 Å². The van der Waals surface area contributed by atoms with Gasteiger partial charge in [0.25, 0.3) is 17.4 Å². The van der Waals surface area contributed by atoms with Gasteiger partial charge in [0.2, 0.25) is 0 Å². The lowest BCUT2D eigenvalue weighted by molar-refractivity contribution is 0.101. The molecule has 4 aromatic rings. The molecular weight excluding hydrogens is 452 g/mol. The summed E-state index contributed by atoms with van der Waals surface area (Å²) in [6, 6.07) is 19.4. The predicted molar refractivity (Wildman–Crippen MR) is 142 cm³/mol. The summed E-state index contributed by atoms with van der Waals surface area (Å²) < 4.78 is 1.79. The molecule has 0 saturated heterocycles. The second kappa shape index (κ2) is 10.2. The number of carbonyl (C=O) groups is 2. The van der Waals surface area contributed by atoms with Gasteiger partial charge < -0.3 is 10.6 Å². The first kappa shape index (κ1) is 23.5. The van der Waals surface area contributed by atoms with Crippen molar-refractivity contribution >= 4 is 34.1 Å². The largest absolute Gasteiger partial charge is 0.322 e. The molecule has 1 aliphatic rings. The molecule has 3 aromatic carbocycles. The summed E-state index contributed by atoms with van der Waals surface area (Å²) in [4.78, 5) is 43.5. The van der Waals surface area contributed by atoms with E-state index in [1.807, 2.05) is 25.1 Å². The molecule has 2 heterocycles. The summed E-state index contributed by atoms with van der Waals surface area (Å²) >= 11 is 0. The number of rotatable bonds is 4. The SMILES string of the molecule is Cc1c(NC(=O)c2ccccc2)cccc1NC(=O)c1ccc2c(=O)n3c(nc2c1)CCCCCC3. The summed E-state index contributed by atoms with van der Waals surface area (Å²) in [6.45, 7) is 2.53. The topological polar surface area (TPSA) is 93.1 Å². The van der Waals surface area contributed by atoms with Gasteiger partial charge in [-0.3, -0.25) is 19.0 Å². The Hall–Kier alpha value is -4.26. The number of amides is 2. The number of nitrogens with one attached hydrogen (secondary N) is 2. The van der Waals surface area contributed by atoms with Crippen LogP contribution in [0.15, 0.2) is 71.5 Å². The van der Waals surface area contributed by atoms with Gasteiger partial charge in [-0.25, -0.2) is 4.98 Å². The summed E-state index contributed by atoms with van der Waals surface area (Å²) in [5, 5.41) is 6.38. The smallest absolute Gasteiger partial charge is 0.261 e. The van der Waals surface area contributed by atoms with Crippen molar-refractivity contribution in [1.29, 1.82) is 0 Å². The molecule has 0 bridgehead atoms. The highest BCUT2D eigenvalue weighted by Crippen LogP contribution is 2.25. The lowest BCUT2D eigenvalue weighted by Crippen LogP contribution is -2.26. The third kappa shape index (κ3) is 4.77. The molecule has 1 aliphatic heterocycles. The lowest BCUT2D eigenvalue weighted by Gasteiger charge is -2.16. The summed E-state index contributed by atoms with van der Waals surface area (Å²) in [7, 11) is 0. The maximum Gasteiger partial charge on any atom is 0.261 e. The van der Waals surface area contributed by atoms with Crippen LogP contribution in [0.4, 0.5) is 11.4 Å². The van der Waals surface area contributed by atoms with Crippen molar-refractivity contribution in [2.45, 2.75) is 45.6 Å². The minimum atomic E-state index is -0.305. The van der Waals surface area contributed by atoms with Gasteiger partial charge in [-0.2, -0.15) is 0 Å². The molecule has 0 radical (unpaired) electrons. The molecule has 1 aromatic heterocycles. The van der Waals surface area contributed by atoms with Crippen LogP contribution in [0, 0.1) is 6.92 Å². The Bertz CT molecular complexity index is 1510. The van der Waals surface area contributed by atoms with Gasteiger partial charge in [0.05, 0.1) is 10.9 Å². The van der Waals surface area contributed by atoms with E-state index < -0.39 is 0 Å². The zero-order valence-corrected chi connectivity index (χ0v) is 20.2. The number of nitrogens with zero attached hydrogens (tertiary/aromatic N) is 2. The average Bonchev–Trinajstić information content (AvgIpc) is 2.87. The molecule has 0 atom stereocenters. The molecule has 0 unspecified atom stereocenters. The van der Waals surface area contributed by atoms with Crippen LogP contribution in [0.1, 0.15) is 57.8 Å². The molecule has 0 fully saturated rings. The van der Waals surface area contributed by atoms with Crippen LogP contribution in [-0.4, -0.2) is 21.4 Å². The third-order valence-corrected chi connectivity index (χ3v) is 6.69. The number of aryl methyl sites for hydroxylation is 1. The van der Waals surface area contributed by atoms with Crippen LogP contribution in [0.3, 0.4) is 0 Å². The normalized spacial score (nSPS) is 13.4. The Morgan fingerprint density at radius 3 is 2.25 bits per heavy atom. The number of benzene rings is 3. The zero-order valence-electron chi connectivity index (χ0n) is 20.2. The van der Waals surface area contributed by atoms with Crippen molar-refractivity contribution in [1.82, 2.24) is 9.55 Å². The quantitative estimate of drug-likeness (QED) is 0.413. The number of carbonyl (C=O) groups excluding carboxylic acids is 2. The van der Waals surface area contributed by atoms with Gasteiger partial charge in [-0.15, -0.1) is 0 Å². The maximum atomic E-state index is 13.1. The van der Waals surface area contributed by atoms with Gasteiger partial charge in [-0.05, 0) is 67.8 Å². The van der Waals surface area contributed by atoms with Crippen molar-refractivity contribution in [3.05, 3.63) is 99.6 Å². The maximum absolute atomic E-state index is 13.1.